The van der Waals surface area contributed by atoms with Crippen LogP contribution in [0.15, 0.2) is 22.0 Å². The van der Waals surface area contributed by atoms with Crippen LogP contribution >= 0.6 is 27.3 Å². The number of nitrogens with zero attached hydrogens (tertiary/aromatic N) is 2. The molecule has 1 N–H and O–H groups in total. The van der Waals surface area contributed by atoms with E-state index >= 15 is 0 Å². The Labute approximate surface area is 131 Å². The summed E-state index contributed by atoms with van der Waals surface area (Å²) in [5.41, 5.74) is 2.09. The van der Waals surface area contributed by atoms with Crippen molar-refractivity contribution < 1.29 is 4.79 Å². The lowest BCUT2D eigenvalue weighted by atomic mass is 10.3. The quantitative estimate of drug-likeness (QED) is 0.865. The Bertz CT molecular complexity index is 591. The first-order chi connectivity index (χ1) is 9.54. The Hall–Kier alpha value is -1.14. The molecular weight excluding hydrogens is 338 g/mol. The van der Waals surface area contributed by atoms with Gasteiger partial charge in [0, 0.05) is 30.1 Å². The highest BCUT2D eigenvalue weighted by Crippen LogP contribution is 2.21. The summed E-state index contributed by atoms with van der Waals surface area (Å²) in [4.78, 5) is 13.0. The number of hydrogen-bond acceptors (Lipinski definition) is 3. The molecule has 0 aromatic carbocycles. The zero-order valence-electron chi connectivity index (χ0n) is 11.6. The molecule has 0 atom stereocenters. The summed E-state index contributed by atoms with van der Waals surface area (Å²) in [6, 6.07) is 6.13. The predicted octanol–water partition coefficient (Wildman–Crippen LogP) is 3.07. The molecule has 0 spiro atoms. The van der Waals surface area contributed by atoms with E-state index in [0.29, 0.717) is 19.5 Å². The Morgan fingerprint density at radius 1 is 1.45 bits per heavy atom. The Morgan fingerprint density at radius 2 is 2.25 bits per heavy atom. The second kappa shape index (κ2) is 7.04. The van der Waals surface area contributed by atoms with Crippen LogP contribution in [-0.4, -0.2) is 22.2 Å². The van der Waals surface area contributed by atoms with Crippen molar-refractivity contribution in [1.29, 1.82) is 0 Å². The SMILES string of the molecule is Cc1cc(C)n(CCC(=O)NCCc2ccc(Br)s2)n1. The molecule has 2 aromatic heterocycles. The van der Waals surface area contributed by atoms with E-state index in [-0.39, 0.29) is 5.91 Å². The molecule has 2 rings (SSSR count). The van der Waals surface area contributed by atoms with Crippen LogP contribution in [0, 0.1) is 13.8 Å². The fourth-order valence-electron chi connectivity index (χ4n) is 2.01. The molecule has 108 valence electrons. The van der Waals surface area contributed by atoms with Crippen molar-refractivity contribution in [2.24, 2.45) is 0 Å². The second-order valence-corrected chi connectivity index (χ2v) is 7.25. The van der Waals surface area contributed by atoms with Gasteiger partial charge in [-0.25, -0.2) is 0 Å². The molecule has 0 unspecified atom stereocenters. The number of aromatic nitrogens is 2. The predicted molar refractivity (Wildman–Crippen MR) is 85.1 cm³/mol. The third-order valence-electron chi connectivity index (χ3n) is 2.98. The van der Waals surface area contributed by atoms with E-state index < -0.39 is 0 Å². The van der Waals surface area contributed by atoms with Crippen LogP contribution in [0.2, 0.25) is 0 Å². The van der Waals surface area contributed by atoms with Gasteiger partial charge in [0.1, 0.15) is 0 Å². The van der Waals surface area contributed by atoms with Crippen LogP contribution in [0.25, 0.3) is 0 Å². The number of rotatable bonds is 6. The molecule has 20 heavy (non-hydrogen) atoms. The molecule has 0 saturated carbocycles. The van der Waals surface area contributed by atoms with Gasteiger partial charge in [0.05, 0.1) is 9.48 Å². The fraction of sp³-hybridized carbons (Fsp3) is 0.429. The molecule has 1 amide bonds. The van der Waals surface area contributed by atoms with Crippen LogP contribution in [0.4, 0.5) is 0 Å². The second-order valence-electron chi connectivity index (χ2n) is 4.71. The first-order valence-electron chi connectivity index (χ1n) is 6.56. The molecule has 2 aromatic rings. The molecule has 0 radical (unpaired) electrons. The number of nitrogens with one attached hydrogen (secondary N) is 1. The third kappa shape index (κ3) is 4.45. The summed E-state index contributed by atoms with van der Waals surface area (Å²) in [7, 11) is 0. The topological polar surface area (TPSA) is 46.9 Å². The van der Waals surface area contributed by atoms with E-state index in [1.807, 2.05) is 30.7 Å². The van der Waals surface area contributed by atoms with Gasteiger partial charge in [-0.05, 0) is 54.4 Å². The maximum atomic E-state index is 11.8. The van der Waals surface area contributed by atoms with Gasteiger partial charge in [-0.2, -0.15) is 5.10 Å². The minimum absolute atomic E-state index is 0.0770. The lowest BCUT2D eigenvalue weighted by molar-refractivity contribution is -0.121. The molecule has 0 saturated heterocycles. The van der Waals surface area contributed by atoms with Crippen molar-refractivity contribution in [2.45, 2.75) is 33.2 Å². The summed E-state index contributed by atoms with van der Waals surface area (Å²) < 4.78 is 3.01. The molecule has 6 heteroatoms. The summed E-state index contributed by atoms with van der Waals surface area (Å²) in [6.07, 6.45) is 1.35. The number of amides is 1. The van der Waals surface area contributed by atoms with Gasteiger partial charge in [0.2, 0.25) is 5.91 Å². The average Bonchev–Trinajstić information content (AvgIpc) is 2.93. The lowest BCUT2D eigenvalue weighted by Crippen LogP contribution is -2.26. The van der Waals surface area contributed by atoms with Crippen LogP contribution in [0.3, 0.4) is 0 Å². The van der Waals surface area contributed by atoms with Crippen molar-refractivity contribution in [3.8, 4) is 0 Å². The van der Waals surface area contributed by atoms with E-state index in [9.17, 15) is 4.79 Å². The van der Waals surface area contributed by atoms with E-state index in [1.165, 1.54) is 4.88 Å². The Balaban J connectivity index is 1.69. The number of carbonyl (C=O) groups is 1. The highest BCUT2D eigenvalue weighted by atomic mass is 79.9. The molecule has 2 heterocycles. The number of halogens is 1. The summed E-state index contributed by atoms with van der Waals surface area (Å²) >= 11 is 5.14. The zero-order chi connectivity index (χ0) is 14.5. The highest BCUT2D eigenvalue weighted by molar-refractivity contribution is 9.11. The van der Waals surface area contributed by atoms with Crippen LogP contribution in [0.5, 0.6) is 0 Å². The Morgan fingerprint density at radius 3 is 2.85 bits per heavy atom. The molecule has 0 aliphatic carbocycles. The highest BCUT2D eigenvalue weighted by Gasteiger charge is 2.05. The van der Waals surface area contributed by atoms with Gasteiger partial charge in [0.25, 0.3) is 0 Å². The van der Waals surface area contributed by atoms with Gasteiger partial charge >= 0.3 is 0 Å². The van der Waals surface area contributed by atoms with Crippen molar-refractivity contribution in [1.82, 2.24) is 15.1 Å². The molecule has 4 nitrogen and oxygen atoms in total. The molecular formula is C14H18BrN3OS. The summed E-state index contributed by atoms with van der Waals surface area (Å²) in [5, 5.41) is 7.29. The fourth-order valence-corrected chi connectivity index (χ4v) is 3.49. The van der Waals surface area contributed by atoms with Gasteiger partial charge in [-0.1, -0.05) is 0 Å². The van der Waals surface area contributed by atoms with Gasteiger partial charge in [0.15, 0.2) is 0 Å². The van der Waals surface area contributed by atoms with Crippen molar-refractivity contribution >= 4 is 33.2 Å². The minimum atomic E-state index is 0.0770. The number of aryl methyl sites for hydroxylation is 3. The molecule has 0 aliphatic rings. The van der Waals surface area contributed by atoms with E-state index in [1.54, 1.807) is 11.3 Å². The molecule has 0 bridgehead atoms. The largest absolute Gasteiger partial charge is 0.356 e. The van der Waals surface area contributed by atoms with Crippen LogP contribution < -0.4 is 5.32 Å². The molecule has 0 fully saturated rings. The van der Waals surface area contributed by atoms with Crippen molar-refractivity contribution in [3.05, 3.63) is 38.3 Å². The first kappa shape index (κ1) is 15.3. The third-order valence-corrected chi connectivity index (χ3v) is 4.66. The Kier molecular flexibility index (Phi) is 5.37. The lowest BCUT2D eigenvalue weighted by Gasteiger charge is -2.06. The zero-order valence-corrected chi connectivity index (χ0v) is 14.1. The van der Waals surface area contributed by atoms with Crippen molar-refractivity contribution in [3.63, 3.8) is 0 Å². The maximum absolute atomic E-state index is 11.8. The van der Waals surface area contributed by atoms with Crippen LogP contribution in [-0.2, 0) is 17.8 Å². The van der Waals surface area contributed by atoms with E-state index in [4.69, 9.17) is 0 Å². The monoisotopic (exact) mass is 355 g/mol. The van der Waals surface area contributed by atoms with Crippen molar-refractivity contribution in [2.75, 3.05) is 6.54 Å². The summed E-state index contributed by atoms with van der Waals surface area (Å²) in [6.45, 7) is 5.29. The maximum Gasteiger partial charge on any atom is 0.221 e. The minimum Gasteiger partial charge on any atom is -0.356 e. The number of carbonyl (C=O) groups excluding carboxylic acids is 1. The first-order valence-corrected chi connectivity index (χ1v) is 8.17. The van der Waals surface area contributed by atoms with Gasteiger partial charge in [-0.3, -0.25) is 9.48 Å². The van der Waals surface area contributed by atoms with E-state index in [0.717, 1.165) is 21.6 Å². The summed E-state index contributed by atoms with van der Waals surface area (Å²) in [5.74, 6) is 0.0770. The average molecular weight is 356 g/mol. The number of thiophene rings is 1. The smallest absolute Gasteiger partial charge is 0.221 e. The van der Waals surface area contributed by atoms with E-state index in [2.05, 4.69) is 32.4 Å². The van der Waals surface area contributed by atoms with Gasteiger partial charge in [-0.15, -0.1) is 11.3 Å². The standard InChI is InChI=1S/C14H18BrN3OS/c1-10-9-11(2)18(17-10)8-6-14(19)16-7-5-12-3-4-13(15)20-12/h3-4,9H,5-8H2,1-2H3,(H,16,19). The molecule has 0 aliphatic heterocycles. The number of hydrogen-bond donors (Lipinski definition) is 1. The normalized spacial score (nSPS) is 10.8. The van der Waals surface area contributed by atoms with Crippen LogP contribution in [0.1, 0.15) is 22.7 Å². The van der Waals surface area contributed by atoms with Gasteiger partial charge < -0.3 is 5.32 Å².